The van der Waals surface area contributed by atoms with E-state index in [4.69, 9.17) is 5.26 Å². The second kappa shape index (κ2) is 4.64. The molecule has 2 aromatic rings. The predicted octanol–water partition coefficient (Wildman–Crippen LogP) is 3.19. The zero-order valence-electron chi connectivity index (χ0n) is 10.1. The van der Waals surface area contributed by atoms with E-state index in [-0.39, 0.29) is 0 Å². The highest BCUT2D eigenvalue weighted by molar-refractivity contribution is 5.71. The highest BCUT2D eigenvalue weighted by Gasteiger charge is 2.17. The van der Waals surface area contributed by atoms with Gasteiger partial charge in [0.15, 0.2) is 0 Å². The lowest BCUT2D eigenvalue weighted by molar-refractivity contribution is 0.293. The molecule has 0 saturated heterocycles. The van der Waals surface area contributed by atoms with Gasteiger partial charge in [-0.05, 0) is 22.3 Å². The third-order valence-electron chi connectivity index (χ3n) is 3.41. The average molecular weight is 234 g/mol. The second-order valence-corrected chi connectivity index (χ2v) is 4.62. The van der Waals surface area contributed by atoms with Crippen LogP contribution in [0, 0.1) is 11.3 Å². The Morgan fingerprint density at radius 1 is 0.889 bits per heavy atom. The van der Waals surface area contributed by atoms with Crippen LogP contribution in [0.25, 0.3) is 11.1 Å². The van der Waals surface area contributed by atoms with Gasteiger partial charge in [0.1, 0.15) is 0 Å². The van der Waals surface area contributed by atoms with Crippen molar-refractivity contribution in [2.24, 2.45) is 0 Å². The molecule has 2 nitrogen and oxygen atoms in total. The first kappa shape index (κ1) is 11.0. The van der Waals surface area contributed by atoms with E-state index in [0.717, 1.165) is 13.1 Å². The predicted molar refractivity (Wildman–Crippen MR) is 71.6 cm³/mol. The summed E-state index contributed by atoms with van der Waals surface area (Å²) in [6.07, 6.45) is 0. The zero-order valence-corrected chi connectivity index (χ0v) is 10.1. The van der Waals surface area contributed by atoms with Crippen molar-refractivity contribution in [1.82, 2.24) is 4.90 Å². The van der Waals surface area contributed by atoms with E-state index in [9.17, 15) is 0 Å². The van der Waals surface area contributed by atoms with Gasteiger partial charge in [0, 0.05) is 13.1 Å². The van der Waals surface area contributed by atoms with Crippen LogP contribution in [0.3, 0.4) is 0 Å². The summed E-state index contributed by atoms with van der Waals surface area (Å²) < 4.78 is 0. The molecular formula is C16H14N2. The molecule has 0 amide bonds. The number of nitrogens with zero attached hydrogens (tertiary/aromatic N) is 2. The number of rotatable bonds is 1. The lowest BCUT2D eigenvalue weighted by Crippen LogP contribution is -2.21. The molecule has 0 N–H and O–H groups in total. The molecule has 0 unspecified atom stereocenters. The third-order valence-corrected chi connectivity index (χ3v) is 3.41. The maximum atomic E-state index is 8.91. The Morgan fingerprint density at radius 2 is 1.39 bits per heavy atom. The minimum absolute atomic E-state index is 0.475. The van der Waals surface area contributed by atoms with Crippen LogP contribution in [0.1, 0.15) is 11.1 Å². The summed E-state index contributed by atoms with van der Waals surface area (Å²) >= 11 is 0. The number of fused-ring (bicyclic) bond motifs is 3. The quantitative estimate of drug-likeness (QED) is 0.708. The maximum Gasteiger partial charge on any atom is 0.0871 e. The number of hydrogen-bond acceptors (Lipinski definition) is 2. The molecule has 0 aromatic heterocycles. The van der Waals surface area contributed by atoms with Gasteiger partial charge in [-0.2, -0.15) is 5.26 Å². The van der Waals surface area contributed by atoms with Crippen LogP contribution in [0.2, 0.25) is 0 Å². The van der Waals surface area contributed by atoms with Gasteiger partial charge in [-0.15, -0.1) is 0 Å². The summed E-state index contributed by atoms with van der Waals surface area (Å²) in [4.78, 5) is 2.19. The topological polar surface area (TPSA) is 27.0 Å². The molecule has 0 aliphatic carbocycles. The molecule has 2 heteroatoms. The van der Waals surface area contributed by atoms with E-state index in [1.807, 2.05) is 0 Å². The normalized spacial score (nSPS) is 14.2. The minimum Gasteiger partial charge on any atom is -0.282 e. The first-order chi connectivity index (χ1) is 8.88. The molecule has 0 bridgehead atoms. The molecular weight excluding hydrogens is 220 g/mol. The van der Waals surface area contributed by atoms with Crippen molar-refractivity contribution in [1.29, 1.82) is 5.26 Å². The Labute approximate surface area is 107 Å². The fraction of sp³-hybridized carbons (Fsp3) is 0.188. The Balaban J connectivity index is 2.15. The third kappa shape index (κ3) is 1.90. The van der Waals surface area contributed by atoms with Crippen molar-refractivity contribution in [3.63, 3.8) is 0 Å². The van der Waals surface area contributed by atoms with E-state index >= 15 is 0 Å². The van der Waals surface area contributed by atoms with Gasteiger partial charge < -0.3 is 0 Å². The lowest BCUT2D eigenvalue weighted by atomic mass is 9.97. The van der Waals surface area contributed by atoms with Crippen LogP contribution in [0.5, 0.6) is 0 Å². The molecule has 1 aliphatic heterocycles. The molecule has 0 fully saturated rings. The van der Waals surface area contributed by atoms with Gasteiger partial charge in [-0.25, -0.2) is 0 Å². The van der Waals surface area contributed by atoms with Crippen LogP contribution in [0.4, 0.5) is 0 Å². The summed E-state index contributed by atoms with van der Waals surface area (Å²) in [5.74, 6) is 0. The number of benzene rings is 2. The summed E-state index contributed by atoms with van der Waals surface area (Å²) in [5.41, 5.74) is 5.21. The van der Waals surface area contributed by atoms with Crippen LogP contribution in [-0.2, 0) is 13.1 Å². The van der Waals surface area contributed by atoms with Gasteiger partial charge >= 0.3 is 0 Å². The summed E-state index contributed by atoms with van der Waals surface area (Å²) in [6, 6.07) is 19.2. The van der Waals surface area contributed by atoms with E-state index in [1.54, 1.807) is 0 Å². The average Bonchev–Trinajstić information content (AvgIpc) is 2.55. The van der Waals surface area contributed by atoms with Gasteiger partial charge in [0.2, 0.25) is 0 Å². The van der Waals surface area contributed by atoms with Crippen LogP contribution in [0.15, 0.2) is 48.5 Å². The fourth-order valence-corrected chi connectivity index (χ4v) is 2.59. The van der Waals surface area contributed by atoms with E-state index < -0.39 is 0 Å². The van der Waals surface area contributed by atoms with E-state index in [0.29, 0.717) is 6.54 Å². The summed E-state index contributed by atoms with van der Waals surface area (Å²) in [7, 11) is 0. The van der Waals surface area contributed by atoms with Crippen LogP contribution in [-0.4, -0.2) is 11.4 Å². The highest BCUT2D eigenvalue weighted by atomic mass is 15.1. The lowest BCUT2D eigenvalue weighted by Gasteiger charge is -2.16. The molecule has 3 rings (SSSR count). The van der Waals surface area contributed by atoms with Crippen molar-refractivity contribution in [2.75, 3.05) is 6.54 Å². The van der Waals surface area contributed by atoms with Crippen molar-refractivity contribution in [2.45, 2.75) is 13.1 Å². The summed E-state index contributed by atoms with van der Waals surface area (Å²) in [6.45, 7) is 2.17. The monoisotopic (exact) mass is 234 g/mol. The number of hydrogen-bond donors (Lipinski definition) is 0. The standard InChI is InChI=1S/C16H14N2/c17-9-10-18-11-13-5-1-3-7-15(13)16-8-4-2-6-14(16)12-18/h1-8H,10-12H2. The molecule has 88 valence electrons. The molecule has 0 saturated carbocycles. The van der Waals surface area contributed by atoms with Gasteiger partial charge in [0.25, 0.3) is 0 Å². The molecule has 1 aliphatic rings. The maximum absolute atomic E-state index is 8.91. The molecule has 0 atom stereocenters. The molecule has 0 radical (unpaired) electrons. The summed E-state index contributed by atoms with van der Waals surface area (Å²) in [5, 5.41) is 8.91. The van der Waals surface area contributed by atoms with E-state index in [1.165, 1.54) is 22.3 Å². The van der Waals surface area contributed by atoms with Crippen molar-refractivity contribution < 1.29 is 0 Å². The van der Waals surface area contributed by atoms with Crippen molar-refractivity contribution in [3.8, 4) is 17.2 Å². The Kier molecular flexibility index (Phi) is 2.84. The highest BCUT2D eigenvalue weighted by Crippen LogP contribution is 2.31. The second-order valence-electron chi connectivity index (χ2n) is 4.62. The van der Waals surface area contributed by atoms with Crippen LogP contribution >= 0.6 is 0 Å². The first-order valence-corrected chi connectivity index (χ1v) is 6.14. The van der Waals surface area contributed by atoms with Gasteiger partial charge in [0.05, 0.1) is 12.6 Å². The van der Waals surface area contributed by atoms with Crippen LogP contribution < -0.4 is 0 Å². The first-order valence-electron chi connectivity index (χ1n) is 6.14. The van der Waals surface area contributed by atoms with Crippen molar-refractivity contribution >= 4 is 0 Å². The fourth-order valence-electron chi connectivity index (χ4n) is 2.59. The smallest absolute Gasteiger partial charge is 0.0871 e. The molecule has 2 aromatic carbocycles. The Hall–Kier alpha value is -2.11. The van der Waals surface area contributed by atoms with Gasteiger partial charge in [-0.1, -0.05) is 48.5 Å². The molecule has 0 spiro atoms. The molecule has 18 heavy (non-hydrogen) atoms. The van der Waals surface area contributed by atoms with E-state index in [2.05, 4.69) is 59.5 Å². The number of nitriles is 1. The van der Waals surface area contributed by atoms with Gasteiger partial charge in [-0.3, -0.25) is 4.90 Å². The Bertz CT molecular complexity index is 563. The minimum atomic E-state index is 0.475. The Morgan fingerprint density at radius 3 is 1.89 bits per heavy atom. The SMILES string of the molecule is N#CCN1Cc2ccccc2-c2ccccc2C1. The van der Waals surface area contributed by atoms with Crippen molar-refractivity contribution in [3.05, 3.63) is 59.7 Å². The largest absolute Gasteiger partial charge is 0.282 e. The molecule has 1 heterocycles. The zero-order chi connectivity index (χ0) is 12.4.